The first kappa shape index (κ1) is 18.1. The van der Waals surface area contributed by atoms with Crippen LogP contribution in [0.1, 0.15) is 16.1 Å². The lowest BCUT2D eigenvalue weighted by Gasteiger charge is -2.06. The lowest BCUT2D eigenvalue weighted by Crippen LogP contribution is -2.07. The summed E-state index contributed by atoms with van der Waals surface area (Å²) in [7, 11) is 0. The first-order chi connectivity index (χ1) is 13.6. The summed E-state index contributed by atoms with van der Waals surface area (Å²) < 4.78 is 28.7. The number of carbonyl (C=O) groups excluding carboxylic acids is 1. The predicted octanol–water partition coefficient (Wildman–Crippen LogP) is 4.18. The third-order valence-electron chi connectivity index (χ3n) is 3.99. The summed E-state index contributed by atoms with van der Waals surface area (Å²) in [6.07, 6.45) is 0.0427. The van der Waals surface area contributed by atoms with Gasteiger partial charge in [-0.3, -0.25) is 4.79 Å². The van der Waals surface area contributed by atoms with Crippen molar-refractivity contribution in [1.29, 1.82) is 0 Å². The smallest absolute Gasteiger partial charge is 0.387 e. The number of Topliss-reactive ketones (excluding diaryl/α,β-unsaturated/α-hetero) is 1. The van der Waals surface area contributed by atoms with Crippen LogP contribution in [0, 0.1) is 0 Å². The van der Waals surface area contributed by atoms with E-state index in [1.165, 1.54) is 35.6 Å². The maximum absolute atomic E-state index is 12.5. The largest absolute Gasteiger partial charge is 0.435 e. The topological polar surface area (TPSA) is 77.9 Å². The minimum Gasteiger partial charge on any atom is -0.435 e. The van der Waals surface area contributed by atoms with Crippen LogP contribution >= 0.6 is 11.3 Å². The van der Waals surface area contributed by atoms with Crippen LogP contribution in [0.2, 0.25) is 0 Å². The number of alkyl halides is 2. The highest BCUT2D eigenvalue weighted by Crippen LogP contribution is 2.25. The molecule has 0 aliphatic rings. The van der Waals surface area contributed by atoms with Gasteiger partial charge in [-0.25, -0.2) is 0 Å². The van der Waals surface area contributed by atoms with Gasteiger partial charge in [0.2, 0.25) is 0 Å². The Kier molecular flexibility index (Phi) is 4.98. The molecule has 4 aromatic rings. The van der Waals surface area contributed by atoms with Crippen molar-refractivity contribution in [2.45, 2.75) is 13.0 Å². The fourth-order valence-electron chi connectivity index (χ4n) is 2.69. The molecule has 0 N–H and O–H groups in total. The molecule has 0 saturated carbocycles. The molecule has 0 aliphatic carbocycles. The molecular formula is C19H12F2N4O2S. The third-order valence-corrected chi connectivity index (χ3v) is 4.73. The zero-order valence-corrected chi connectivity index (χ0v) is 15.1. The lowest BCUT2D eigenvalue weighted by molar-refractivity contribution is -0.0498. The van der Waals surface area contributed by atoms with E-state index < -0.39 is 6.61 Å². The van der Waals surface area contributed by atoms with E-state index in [1.807, 2.05) is 18.2 Å². The number of nitrogens with zero attached hydrogens (tertiary/aromatic N) is 4. The van der Waals surface area contributed by atoms with E-state index in [2.05, 4.69) is 25.1 Å². The summed E-state index contributed by atoms with van der Waals surface area (Å²) in [6, 6.07) is 13.0. The second kappa shape index (κ2) is 7.73. The van der Waals surface area contributed by atoms with Gasteiger partial charge in [0, 0.05) is 16.5 Å². The lowest BCUT2D eigenvalue weighted by atomic mass is 10.0. The zero-order valence-electron chi connectivity index (χ0n) is 14.3. The molecule has 6 nitrogen and oxygen atoms in total. The number of ketones is 1. The Morgan fingerprint density at radius 3 is 2.57 bits per heavy atom. The number of hydrogen-bond donors (Lipinski definition) is 0. The summed E-state index contributed by atoms with van der Waals surface area (Å²) in [4.78, 5) is 12.5. The van der Waals surface area contributed by atoms with Crippen LogP contribution in [0.25, 0.3) is 21.5 Å². The van der Waals surface area contributed by atoms with Gasteiger partial charge in [0.05, 0.1) is 17.6 Å². The minimum absolute atomic E-state index is 0.00116. The molecule has 0 saturated heterocycles. The molecule has 0 unspecified atom stereocenters. The summed E-state index contributed by atoms with van der Waals surface area (Å²) in [5.74, 6) is -0.196. The molecule has 0 amide bonds. The Labute approximate surface area is 161 Å². The van der Waals surface area contributed by atoms with Crippen molar-refractivity contribution in [3.63, 3.8) is 0 Å². The molecule has 9 heteroatoms. The van der Waals surface area contributed by atoms with Gasteiger partial charge in [-0.1, -0.05) is 11.3 Å². The molecule has 0 atom stereocenters. The maximum Gasteiger partial charge on any atom is 0.387 e. The molecule has 28 heavy (non-hydrogen) atoms. The van der Waals surface area contributed by atoms with Crippen molar-refractivity contribution in [1.82, 2.24) is 20.4 Å². The van der Waals surface area contributed by atoms with E-state index in [4.69, 9.17) is 0 Å². The third kappa shape index (κ3) is 3.99. The van der Waals surface area contributed by atoms with E-state index in [9.17, 15) is 13.6 Å². The Morgan fingerprint density at radius 2 is 1.86 bits per heavy atom. The van der Waals surface area contributed by atoms with Crippen molar-refractivity contribution in [3.05, 3.63) is 65.3 Å². The summed E-state index contributed by atoms with van der Waals surface area (Å²) in [5, 5.41) is 17.8. The molecule has 2 heterocycles. The van der Waals surface area contributed by atoms with Gasteiger partial charge in [-0.05, 0) is 48.5 Å². The van der Waals surface area contributed by atoms with Crippen LogP contribution < -0.4 is 4.74 Å². The van der Waals surface area contributed by atoms with Crippen molar-refractivity contribution in [2.24, 2.45) is 0 Å². The summed E-state index contributed by atoms with van der Waals surface area (Å²) in [6.45, 7) is -2.90. The minimum atomic E-state index is -2.90. The van der Waals surface area contributed by atoms with E-state index in [0.29, 0.717) is 16.8 Å². The van der Waals surface area contributed by atoms with Crippen molar-refractivity contribution in [2.75, 3.05) is 0 Å². The highest BCUT2D eigenvalue weighted by atomic mass is 32.1. The zero-order chi connectivity index (χ0) is 19.5. The van der Waals surface area contributed by atoms with Gasteiger partial charge in [0.1, 0.15) is 16.3 Å². The Balaban J connectivity index is 1.54. The first-order valence-electron chi connectivity index (χ1n) is 8.19. The molecule has 0 aliphatic heterocycles. The highest BCUT2D eigenvalue weighted by molar-refractivity contribution is 7.12. The van der Waals surface area contributed by atoms with Gasteiger partial charge in [0.25, 0.3) is 0 Å². The molecule has 4 rings (SSSR count). The molecule has 0 fully saturated rings. The van der Waals surface area contributed by atoms with Gasteiger partial charge in [0.15, 0.2) is 5.78 Å². The Morgan fingerprint density at radius 1 is 1.04 bits per heavy atom. The normalized spacial score (nSPS) is 11.1. The SMILES string of the molecule is O=C(Cc1cc2cc(-c3nncs3)ccc2nn1)c1ccc(OC(F)F)cc1. The second-order valence-electron chi connectivity index (χ2n) is 5.86. The number of hydrogen-bond acceptors (Lipinski definition) is 7. The van der Waals surface area contributed by atoms with Crippen LogP contribution in [-0.4, -0.2) is 32.8 Å². The van der Waals surface area contributed by atoms with Gasteiger partial charge in [-0.15, -0.1) is 10.2 Å². The predicted molar refractivity (Wildman–Crippen MR) is 99.5 cm³/mol. The summed E-state index contributed by atoms with van der Waals surface area (Å²) >= 11 is 1.43. The molecule has 140 valence electrons. The van der Waals surface area contributed by atoms with Crippen molar-refractivity contribution in [3.8, 4) is 16.3 Å². The van der Waals surface area contributed by atoms with Crippen LogP contribution in [0.3, 0.4) is 0 Å². The van der Waals surface area contributed by atoms with Crippen LogP contribution in [0.5, 0.6) is 5.75 Å². The monoisotopic (exact) mass is 398 g/mol. The standard InChI is InChI=1S/C19H12F2N4O2S/c20-19(21)27-15-4-1-11(2-5-15)17(26)9-14-8-13-7-12(18-25-22-10-28-18)3-6-16(13)24-23-14/h1-8,10,19H,9H2. The van der Waals surface area contributed by atoms with Gasteiger partial charge < -0.3 is 4.74 Å². The number of benzene rings is 2. The molecule has 2 aromatic heterocycles. The van der Waals surface area contributed by atoms with Crippen molar-refractivity contribution < 1.29 is 18.3 Å². The average Bonchev–Trinajstić information content (AvgIpc) is 3.22. The van der Waals surface area contributed by atoms with E-state index in [0.717, 1.165) is 16.0 Å². The number of ether oxygens (including phenoxy) is 1. The van der Waals surface area contributed by atoms with E-state index >= 15 is 0 Å². The molecular weight excluding hydrogens is 386 g/mol. The first-order valence-corrected chi connectivity index (χ1v) is 9.07. The fraction of sp³-hybridized carbons (Fsp3) is 0.105. The van der Waals surface area contributed by atoms with E-state index in [1.54, 1.807) is 11.6 Å². The number of aromatic nitrogens is 4. The number of fused-ring (bicyclic) bond motifs is 1. The number of rotatable bonds is 6. The van der Waals surface area contributed by atoms with Crippen molar-refractivity contribution >= 4 is 28.0 Å². The Hall–Kier alpha value is -3.33. The van der Waals surface area contributed by atoms with Crippen LogP contribution in [0.15, 0.2) is 54.0 Å². The molecule has 0 spiro atoms. The van der Waals surface area contributed by atoms with Crippen LogP contribution in [-0.2, 0) is 6.42 Å². The molecule has 0 radical (unpaired) electrons. The summed E-state index contributed by atoms with van der Waals surface area (Å²) in [5.41, 5.74) is 4.17. The average molecular weight is 398 g/mol. The maximum atomic E-state index is 12.5. The number of halogens is 2. The number of carbonyl (C=O) groups is 1. The van der Waals surface area contributed by atoms with Crippen LogP contribution in [0.4, 0.5) is 8.78 Å². The fourth-order valence-corrected chi connectivity index (χ4v) is 3.25. The molecule has 2 aromatic carbocycles. The Bertz CT molecular complexity index is 1120. The van der Waals surface area contributed by atoms with E-state index in [-0.39, 0.29) is 18.0 Å². The molecule has 0 bridgehead atoms. The quantitative estimate of drug-likeness (QED) is 0.454. The van der Waals surface area contributed by atoms with Gasteiger partial charge >= 0.3 is 6.61 Å². The van der Waals surface area contributed by atoms with Gasteiger partial charge in [-0.2, -0.15) is 19.0 Å². The highest BCUT2D eigenvalue weighted by Gasteiger charge is 2.12. The second-order valence-corrected chi connectivity index (χ2v) is 6.69.